The summed E-state index contributed by atoms with van der Waals surface area (Å²) in [5.74, 6) is -3.83. The SMILES string of the molecule is CC(C)=CC[N+]1(OC(=O)CC(O)(CC(=O)O)C(=O)O)CCCC(C)C1. The van der Waals surface area contributed by atoms with Crippen molar-refractivity contribution in [2.75, 3.05) is 19.6 Å². The molecule has 0 aliphatic carbocycles. The standard InChI is InChI=1S/C17H27NO7/c1-12(2)6-8-18(7-4-5-13(3)11-18)25-15(21)10-17(24,16(22)23)9-14(19)20/h6,13,24H,4-5,7-11H2,1-3H3,(H-,19,20,22,23)/p+1. The molecule has 1 heterocycles. The van der Waals surface area contributed by atoms with Crippen LogP contribution in [0.25, 0.3) is 0 Å². The number of carboxylic acid groups (broad SMARTS) is 2. The third kappa shape index (κ3) is 6.47. The third-order valence-electron chi connectivity index (χ3n) is 4.31. The van der Waals surface area contributed by atoms with E-state index in [1.807, 2.05) is 19.9 Å². The van der Waals surface area contributed by atoms with Crippen molar-refractivity contribution in [2.24, 2.45) is 5.92 Å². The summed E-state index contributed by atoms with van der Waals surface area (Å²) in [6, 6.07) is 0. The minimum atomic E-state index is -2.68. The smallest absolute Gasteiger partial charge is 0.370 e. The second-order valence-corrected chi connectivity index (χ2v) is 7.22. The Bertz CT molecular complexity index is 555. The molecule has 8 nitrogen and oxygen atoms in total. The summed E-state index contributed by atoms with van der Waals surface area (Å²) in [5.41, 5.74) is -1.61. The molecule has 0 saturated carbocycles. The topological polar surface area (TPSA) is 121 Å². The molecule has 8 heteroatoms. The van der Waals surface area contributed by atoms with E-state index in [-0.39, 0.29) is 4.65 Å². The maximum absolute atomic E-state index is 12.3. The molecule has 0 spiro atoms. The highest BCUT2D eigenvalue weighted by Gasteiger charge is 2.45. The van der Waals surface area contributed by atoms with Gasteiger partial charge in [-0.1, -0.05) is 12.5 Å². The van der Waals surface area contributed by atoms with Gasteiger partial charge in [-0.3, -0.25) is 9.63 Å². The average molecular weight is 358 g/mol. The maximum atomic E-state index is 12.3. The number of aliphatic carboxylic acids is 2. The lowest BCUT2D eigenvalue weighted by atomic mass is 9.96. The van der Waals surface area contributed by atoms with E-state index < -0.39 is 36.4 Å². The second-order valence-electron chi connectivity index (χ2n) is 7.22. The van der Waals surface area contributed by atoms with Crippen molar-refractivity contribution in [1.82, 2.24) is 0 Å². The zero-order valence-electron chi connectivity index (χ0n) is 15.0. The first kappa shape index (κ1) is 21.1. The molecular formula is C17H28NO7+. The number of aliphatic hydroxyl groups is 1. The molecule has 142 valence electrons. The summed E-state index contributed by atoms with van der Waals surface area (Å²) in [6.45, 7) is 7.58. The van der Waals surface area contributed by atoms with Crippen molar-refractivity contribution in [3.63, 3.8) is 0 Å². The van der Waals surface area contributed by atoms with E-state index in [9.17, 15) is 19.5 Å². The summed E-state index contributed by atoms with van der Waals surface area (Å²) in [4.78, 5) is 39.8. The molecule has 3 N–H and O–H groups in total. The Balaban J connectivity index is 2.92. The molecule has 0 amide bonds. The Morgan fingerprint density at radius 2 is 1.88 bits per heavy atom. The van der Waals surface area contributed by atoms with E-state index in [0.717, 1.165) is 18.4 Å². The second kappa shape index (κ2) is 8.44. The van der Waals surface area contributed by atoms with Gasteiger partial charge in [-0.05, 0) is 26.3 Å². The Hall–Kier alpha value is -1.93. The molecule has 3 atom stereocenters. The number of allylic oxidation sites excluding steroid dienone is 1. The fraction of sp³-hybridized carbons (Fsp3) is 0.706. The summed E-state index contributed by atoms with van der Waals surface area (Å²) in [6.07, 6.45) is 1.86. The van der Waals surface area contributed by atoms with Crippen LogP contribution in [-0.2, 0) is 19.2 Å². The van der Waals surface area contributed by atoms with Gasteiger partial charge in [0.2, 0.25) is 0 Å². The van der Waals surface area contributed by atoms with Crippen molar-refractivity contribution >= 4 is 17.9 Å². The van der Waals surface area contributed by atoms with Gasteiger partial charge in [-0.25, -0.2) is 9.59 Å². The fourth-order valence-corrected chi connectivity index (χ4v) is 3.06. The molecule has 1 aliphatic rings. The van der Waals surface area contributed by atoms with Crippen LogP contribution in [0.2, 0.25) is 0 Å². The van der Waals surface area contributed by atoms with Gasteiger partial charge >= 0.3 is 17.9 Å². The maximum Gasteiger partial charge on any atom is 0.370 e. The van der Waals surface area contributed by atoms with Crippen LogP contribution in [0.5, 0.6) is 0 Å². The lowest BCUT2D eigenvalue weighted by molar-refractivity contribution is -1.09. The van der Waals surface area contributed by atoms with Gasteiger partial charge < -0.3 is 15.3 Å². The van der Waals surface area contributed by atoms with Gasteiger partial charge in [0.05, 0.1) is 12.8 Å². The molecule has 0 radical (unpaired) electrons. The highest BCUT2D eigenvalue weighted by atomic mass is 16.7. The molecule has 1 rings (SSSR count). The first-order valence-electron chi connectivity index (χ1n) is 8.37. The molecule has 0 aromatic carbocycles. The zero-order chi connectivity index (χ0) is 19.3. The van der Waals surface area contributed by atoms with Gasteiger partial charge in [0.25, 0.3) is 0 Å². The first-order valence-corrected chi connectivity index (χ1v) is 8.37. The van der Waals surface area contributed by atoms with Gasteiger partial charge in [-0.15, -0.1) is 4.65 Å². The third-order valence-corrected chi connectivity index (χ3v) is 4.31. The minimum absolute atomic E-state index is 0.0357. The van der Waals surface area contributed by atoms with Gasteiger partial charge in [-0.2, -0.15) is 0 Å². The summed E-state index contributed by atoms with van der Waals surface area (Å²) in [5, 5.41) is 27.9. The van der Waals surface area contributed by atoms with Crippen molar-refractivity contribution in [3.05, 3.63) is 11.6 Å². The zero-order valence-corrected chi connectivity index (χ0v) is 15.0. The quantitative estimate of drug-likeness (QED) is 0.442. The number of likely N-dealkylation sites (tertiary alicyclic amines) is 1. The lowest BCUT2D eigenvalue weighted by Gasteiger charge is -2.39. The monoisotopic (exact) mass is 358 g/mol. The largest absolute Gasteiger partial charge is 0.481 e. The average Bonchev–Trinajstić information content (AvgIpc) is 2.43. The number of carbonyl (C=O) groups excluding carboxylic acids is 1. The van der Waals surface area contributed by atoms with E-state index in [2.05, 4.69) is 6.92 Å². The molecule has 1 fully saturated rings. The van der Waals surface area contributed by atoms with Crippen LogP contribution in [0.15, 0.2) is 11.6 Å². The number of quaternary nitrogens is 1. The highest BCUT2D eigenvalue weighted by molar-refractivity contribution is 5.88. The van der Waals surface area contributed by atoms with Crippen LogP contribution in [-0.4, -0.2) is 63.1 Å². The van der Waals surface area contributed by atoms with Crippen molar-refractivity contribution in [3.8, 4) is 0 Å². The molecule has 3 unspecified atom stereocenters. The molecule has 25 heavy (non-hydrogen) atoms. The Morgan fingerprint density at radius 3 is 2.36 bits per heavy atom. The van der Waals surface area contributed by atoms with Crippen molar-refractivity contribution < 1.29 is 39.2 Å². The highest BCUT2D eigenvalue weighted by Crippen LogP contribution is 2.26. The number of rotatable bonds is 8. The molecular weight excluding hydrogens is 330 g/mol. The Labute approximate surface area is 147 Å². The summed E-state index contributed by atoms with van der Waals surface area (Å²) in [7, 11) is 0. The van der Waals surface area contributed by atoms with Crippen LogP contribution in [0.1, 0.15) is 46.5 Å². The number of piperidine rings is 1. The van der Waals surface area contributed by atoms with Gasteiger partial charge in [0.15, 0.2) is 5.60 Å². The predicted molar refractivity (Wildman–Crippen MR) is 88.2 cm³/mol. The first-order chi connectivity index (χ1) is 11.5. The number of hydrogen-bond donors (Lipinski definition) is 3. The van der Waals surface area contributed by atoms with Crippen molar-refractivity contribution in [2.45, 2.75) is 52.1 Å². The minimum Gasteiger partial charge on any atom is -0.481 e. The number of carbonyl (C=O) groups is 3. The molecule has 1 saturated heterocycles. The Morgan fingerprint density at radius 1 is 1.24 bits per heavy atom. The molecule has 1 aliphatic heterocycles. The predicted octanol–water partition coefficient (Wildman–Crippen LogP) is 1.34. The molecule has 0 bridgehead atoms. The lowest BCUT2D eigenvalue weighted by Crippen LogP contribution is -2.56. The number of hydrogen-bond acceptors (Lipinski definition) is 5. The van der Waals surface area contributed by atoms with E-state index in [4.69, 9.17) is 15.1 Å². The van der Waals surface area contributed by atoms with Crippen LogP contribution >= 0.6 is 0 Å². The fourth-order valence-electron chi connectivity index (χ4n) is 3.06. The molecule has 0 aromatic rings. The van der Waals surface area contributed by atoms with E-state index in [0.29, 0.717) is 25.6 Å². The van der Waals surface area contributed by atoms with Crippen LogP contribution in [0.3, 0.4) is 0 Å². The van der Waals surface area contributed by atoms with Crippen LogP contribution < -0.4 is 0 Å². The summed E-state index contributed by atoms with van der Waals surface area (Å²) < 4.78 is 0.0357. The van der Waals surface area contributed by atoms with E-state index >= 15 is 0 Å². The van der Waals surface area contributed by atoms with Crippen molar-refractivity contribution in [1.29, 1.82) is 0 Å². The normalized spacial score (nSPS) is 25.5. The van der Waals surface area contributed by atoms with E-state index in [1.54, 1.807) is 0 Å². The van der Waals surface area contributed by atoms with Crippen LogP contribution in [0, 0.1) is 5.92 Å². The van der Waals surface area contributed by atoms with Gasteiger partial charge in [0.1, 0.15) is 19.6 Å². The Kier molecular flexibility index (Phi) is 7.13. The number of carboxylic acids is 2. The van der Waals surface area contributed by atoms with Gasteiger partial charge in [0, 0.05) is 12.3 Å². The van der Waals surface area contributed by atoms with E-state index in [1.165, 1.54) is 0 Å². The summed E-state index contributed by atoms with van der Waals surface area (Å²) >= 11 is 0. The number of hydroxylamine groups is 3. The number of nitrogens with zero attached hydrogens (tertiary/aromatic N) is 1. The van der Waals surface area contributed by atoms with Crippen LogP contribution in [0.4, 0.5) is 0 Å². The molecule has 0 aromatic heterocycles.